The molecular formula is C18H20BrNO4. The van der Waals surface area contributed by atoms with Crippen molar-refractivity contribution < 1.29 is 19.0 Å². The lowest BCUT2D eigenvalue weighted by molar-refractivity contribution is -0.127. The summed E-state index contributed by atoms with van der Waals surface area (Å²) in [4.78, 5) is 12.0. The van der Waals surface area contributed by atoms with E-state index in [9.17, 15) is 4.79 Å². The summed E-state index contributed by atoms with van der Waals surface area (Å²) >= 11 is 3.35. The molecule has 0 aliphatic rings. The molecule has 2 rings (SSSR count). The number of rotatable bonds is 8. The molecule has 1 amide bonds. The third-order valence-electron chi connectivity index (χ3n) is 3.22. The second kappa shape index (κ2) is 9.17. The largest absolute Gasteiger partial charge is 0.493 e. The van der Waals surface area contributed by atoms with E-state index in [0.29, 0.717) is 30.4 Å². The Bertz CT molecular complexity index is 660. The molecule has 1 atom stereocenters. The minimum absolute atomic E-state index is 0.193. The fraction of sp³-hybridized carbons (Fsp3) is 0.278. The third kappa shape index (κ3) is 5.45. The number of carbonyl (C=O) groups is 1. The summed E-state index contributed by atoms with van der Waals surface area (Å²) in [6, 6.07) is 14.7. The van der Waals surface area contributed by atoms with Crippen molar-refractivity contribution in [1.29, 1.82) is 0 Å². The Morgan fingerprint density at radius 3 is 2.46 bits per heavy atom. The highest BCUT2D eigenvalue weighted by atomic mass is 79.9. The SMILES string of the molecule is COc1ccccc1OCCNC(=O)C(C)Oc1ccc(Br)cc1. The first-order valence-corrected chi connectivity index (χ1v) is 8.35. The van der Waals surface area contributed by atoms with Crippen molar-refractivity contribution in [3.8, 4) is 17.2 Å². The van der Waals surface area contributed by atoms with Gasteiger partial charge in [-0.15, -0.1) is 0 Å². The minimum Gasteiger partial charge on any atom is -0.493 e. The number of hydrogen-bond acceptors (Lipinski definition) is 4. The fourth-order valence-electron chi connectivity index (χ4n) is 1.99. The monoisotopic (exact) mass is 393 g/mol. The van der Waals surface area contributed by atoms with Crippen molar-refractivity contribution in [2.75, 3.05) is 20.3 Å². The highest BCUT2D eigenvalue weighted by molar-refractivity contribution is 9.10. The summed E-state index contributed by atoms with van der Waals surface area (Å²) in [7, 11) is 1.59. The van der Waals surface area contributed by atoms with Gasteiger partial charge in [-0.3, -0.25) is 4.79 Å². The number of benzene rings is 2. The fourth-order valence-corrected chi connectivity index (χ4v) is 2.25. The lowest BCUT2D eigenvalue weighted by atomic mass is 10.3. The summed E-state index contributed by atoms with van der Waals surface area (Å²) in [5, 5.41) is 2.78. The first-order valence-electron chi connectivity index (χ1n) is 7.56. The van der Waals surface area contributed by atoms with E-state index in [2.05, 4.69) is 21.2 Å². The summed E-state index contributed by atoms with van der Waals surface area (Å²) < 4.78 is 17.4. The number of amides is 1. The molecule has 0 aliphatic carbocycles. The van der Waals surface area contributed by atoms with E-state index < -0.39 is 6.10 Å². The number of carbonyl (C=O) groups excluding carboxylic acids is 1. The lowest BCUT2D eigenvalue weighted by Gasteiger charge is -2.15. The van der Waals surface area contributed by atoms with Gasteiger partial charge in [-0.05, 0) is 43.3 Å². The maximum atomic E-state index is 12.0. The summed E-state index contributed by atoms with van der Waals surface area (Å²) in [5.74, 6) is 1.76. The van der Waals surface area contributed by atoms with Crippen molar-refractivity contribution in [2.45, 2.75) is 13.0 Å². The molecule has 5 nitrogen and oxygen atoms in total. The van der Waals surface area contributed by atoms with Gasteiger partial charge in [0.05, 0.1) is 13.7 Å². The third-order valence-corrected chi connectivity index (χ3v) is 3.75. The van der Waals surface area contributed by atoms with Crippen LogP contribution in [0.3, 0.4) is 0 Å². The predicted octanol–water partition coefficient (Wildman–Crippen LogP) is 3.42. The van der Waals surface area contributed by atoms with Gasteiger partial charge in [0.25, 0.3) is 5.91 Å². The summed E-state index contributed by atoms with van der Waals surface area (Å²) in [5.41, 5.74) is 0. The van der Waals surface area contributed by atoms with E-state index in [1.807, 2.05) is 36.4 Å². The molecule has 128 valence electrons. The Labute approximate surface area is 150 Å². The highest BCUT2D eigenvalue weighted by Gasteiger charge is 2.14. The normalized spacial score (nSPS) is 11.5. The zero-order valence-electron chi connectivity index (χ0n) is 13.6. The van der Waals surface area contributed by atoms with E-state index >= 15 is 0 Å². The smallest absolute Gasteiger partial charge is 0.260 e. The van der Waals surface area contributed by atoms with Gasteiger partial charge in [0.15, 0.2) is 17.6 Å². The first kappa shape index (κ1) is 18.1. The van der Waals surface area contributed by atoms with Crippen molar-refractivity contribution in [2.24, 2.45) is 0 Å². The van der Waals surface area contributed by atoms with Crippen LogP contribution in [0.2, 0.25) is 0 Å². The van der Waals surface area contributed by atoms with E-state index in [4.69, 9.17) is 14.2 Å². The number of hydrogen-bond donors (Lipinski definition) is 1. The molecule has 0 spiro atoms. The molecule has 0 aromatic heterocycles. The van der Waals surface area contributed by atoms with E-state index in [-0.39, 0.29) is 5.91 Å². The van der Waals surface area contributed by atoms with Gasteiger partial charge < -0.3 is 19.5 Å². The van der Waals surface area contributed by atoms with Crippen molar-refractivity contribution in [3.63, 3.8) is 0 Å². The maximum absolute atomic E-state index is 12.0. The van der Waals surface area contributed by atoms with Gasteiger partial charge in [-0.2, -0.15) is 0 Å². The van der Waals surface area contributed by atoms with Crippen LogP contribution in [-0.2, 0) is 4.79 Å². The van der Waals surface area contributed by atoms with E-state index in [0.717, 1.165) is 4.47 Å². The lowest BCUT2D eigenvalue weighted by Crippen LogP contribution is -2.38. The molecule has 2 aromatic carbocycles. The van der Waals surface area contributed by atoms with Gasteiger partial charge in [0.2, 0.25) is 0 Å². The van der Waals surface area contributed by atoms with Gasteiger partial charge in [0, 0.05) is 4.47 Å². The Morgan fingerprint density at radius 1 is 1.12 bits per heavy atom. The quantitative estimate of drug-likeness (QED) is 0.698. The topological polar surface area (TPSA) is 56.8 Å². The summed E-state index contributed by atoms with van der Waals surface area (Å²) in [6.07, 6.45) is -0.586. The maximum Gasteiger partial charge on any atom is 0.260 e. The van der Waals surface area contributed by atoms with Gasteiger partial charge in [-0.1, -0.05) is 28.1 Å². The molecule has 2 aromatic rings. The van der Waals surface area contributed by atoms with Gasteiger partial charge in [0.1, 0.15) is 12.4 Å². The highest BCUT2D eigenvalue weighted by Crippen LogP contribution is 2.25. The standard InChI is InChI=1S/C18H20BrNO4/c1-13(24-15-9-7-14(19)8-10-15)18(21)20-11-12-23-17-6-4-3-5-16(17)22-2/h3-10,13H,11-12H2,1-2H3,(H,20,21). The van der Waals surface area contributed by atoms with Crippen LogP contribution in [0.1, 0.15) is 6.92 Å². The zero-order chi connectivity index (χ0) is 17.4. The van der Waals surface area contributed by atoms with Crippen molar-refractivity contribution in [1.82, 2.24) is 5.32 Å². The van der Waals surface area contributed by atoms with Crippen molar-refractivity contribution >= 4 is 21.8 Å². The molecule has 1 unspecified atom stereocenters. The predicted molar refractivity (Wildman–Crippen MR) is 95.7 cm³/mol. The average Bonchev–Trinajstić information content (AvgIpc) is 2.60. The number of halogens is 1. The van der Waals surface area contributed by atoms with Crippen LogP contribution in [0, 0.1) is 0 Å². The van der Waals surface area contributed by atoms with Crippen LogP contribution in [0.4, 0.5) is 0 Å². The Kier molecular flexibility index (Phi) is 6.93. The first-order chi connectivity index (χ1) is 11.6. The second-order valence-electron chi connectivity index (χ2n) is 5.00. The molecule has 0 aliphatic heterocycles. The van der Waals surface area contributed by atoms with Crippen LogP contribution in [0.15, 0.2) is 53.0 Å². The van der Waals surface area contributed by atoms with Crippen LogP contribution in [-0.4, -0.2) is 32.3 Å². The van der Waals surface area contributed by atoms with Gasteiger partial charge in [-0.25, -0.2) is 0 Å². The van der Waals surface area contributed by atoms with E-state index in [1.54, 1.807) is 26.2 Å². The Balaban J connectivity index is 1.73. The average molecular weight is 394 g/mol. The van der Waals surface area contributed by atoms with E-state index in [1.165, 1.54) is 0 Å². The van der Waals surface area contributed by atoms with Crippen LogP contribution >= 0.6 is 15.9 Å². The molecular weight excluding hydrogens is 374 g/mol. The Morgan fingerprint density at radius 2 is 1.79 bits per heavy atom. The van der Waals surface area contributed by atoms with Crippen molar-refractivity contribution in [3.05, 3.63) is 53.0 Å². The molecule has 0 bridgehead atoms. The molecule has 0 fully saturated rings. The molecule has 6 heteroatoms. The molecule has 24 heavy (non-hydrogen) atoms. The Hall–Kier alpha value is -2.21. The molecule has 0 saturated carbocycles. The zero-order valence-corrected chi connectivity index (χ0v) is 15.2. The second-order valence-corrected chi connectivity index (χ2v) is 5.92. The minimum atomic E-state index is -0.586. The summed E-state index contributed by atoms with van der Waals surface area (Å²) in [6.45, 7) is 2.43. The molecule has 1 N–H and O–H groups in total. The number of methoxy groups -OCH3 is 1. The van der Waals surface area contributed by atoms with Gasteiger partial charge >= 0.3 is 0 Å². The molecule has 0 saturated heterocycles. The number of para-hydroxylation sites is 2. The van der Waals surface area contributed by atoms with Crippen LogP contribution < -0.4 is 19.5 Å². The number of nitrogens with one attached hydrogen (secondary N) is 1. The van der Waals surface area contributed by atoms with Crippen LogP contribution in [0.5, 0.6) is 17.2 Å². The number of ether oxygens (including phenoxy) is 3. The molecule has 0 heterocycles. The van der Waals surface area contributed by atoms with Crippen LogP contribution in [0.25, 0.3) is 0 Å². The molecule has 0 radical (unpaired) electrons.